The molecule has 0 bridgehead atoms. The summed E-state index contributed by atoms with van der Waals surface area (Å²) in [6.45, 7) is 2.45. The highest BCUT2D eigenvalue weighted by Crippen LogP contribution is 2.22. The lowest BCUT2D eigenvalue weighted by Gasteiger charge is -2.32. The average molecular weight is 386 g/mol. The van der Waals surface area contributed by atoms with Crippen molar-refractivity contribution in [3.8, 4) is 5.69 Å². The van der Waals surface area contributed by atoms with Gasteiger partial charge in [0.25, 0.3) is 5.91 Å². The Kier molecular flexibility index (Phi) is 4.56. The molecule has 29 heavy (non-hydrogen) atoms. The zero-order chi connectivity index (χ0) is 19.6. The summed E-state index contributed by atoms with van der Waals surface area (Å²) in [7, 11) is 0. The van der Waals surface area contributed by atoms with E-state index in [1.165, 1.54) is 0 Å². The van der Waals surface area contributed by atoms with Gasteiger partial charge in [-0.1, -0.05) is 18.2 Å². The van der Waals surface area contributed by atoms with Crippen LogP contribution in [0.15, 0.2) is 67.4 Å². The number of nitrogens with zero attached hydrogens (tertiary/aromatic N) is 6. The maximum Gasteiger partial charge on any atom is 0.255 e. The standard InChI is InChI=1S/C22H22N6O/c29-22(26-11-7-17(8-12-26)15-27-10-4-9-25-27)18-13-20-21(23-14-18)28(16-24-20)19-5-2-1-3-6-19/h1-6,9-10,13-14,16-17H,7-8,11-12,15H2. The van der Waals surface area contributed by atoms with Crippen molar-refractivity contribution >= 4 is 17.1 Å². The smallest absolute Gasteiger partial charge is 0.255 e. The number of hydrogen-bond acceptors (Lipinski definition) is 4. The van der Waals surface area contributed by atoms with Crippen molar-refractivity contribution < 1.29 is 4.79 Å². The minimum atomic E-state index is 0.0335. The summed E-state index contributed by atoms with van der Waals surface area (Å²) >= 11 is 0. The summed E-state index contributed by atoms with van der Waals surface area (Å²) in [5, 5.41) is 4.28. The molecule has 1 aromatic carbocycles. The van der Waals surface area contributed by atoms with Crippen LogP contribution in [0, 0.1) is 5.92 Å². The van der Waals surface area contributed by atoms with Crippen molar-refractivity contribution in [1.29, 1.82) is 0 Å². The molecule has 0 unspecified atom stereocenters. The number of pyridine rings is 1. The molecule has 5 rings (SSSR count). The van der Waals surface area contributed by atoms with Crippen LogP contribution in [0.1, 0.15) is 23.2 Å². The molecule has 1 saturated heterocycles. The van der Waals surface area contributed by atoms with Gasteiger partial charge in [0.1, 0.15) is 11.8 Å². The van der Waals surface area contributed by atoms with Gasteiger partial charge >= 0.3 is 0 Å². The molecule has 4 aromatic rings. The minimum Gasteiger partial charge on any atom is -0.339 e. The molecule has 146 valence electrons. The monoisotopic (exact) mass is 386 g/mol. The van der Waals surface area contributed by atoms with Crippen LogP contribution in [0.4, 0.5) is 0 Å². The van der Waals surface area contributed by atoms with Crippen LogP contribution >= 0.6 is 0 Å². The van der Waals surface area contributed by atoms with Gasteiger partial charge in [-0.05, 0) is 43.0 Å². The largest absolute Gasteiger partial charge is 0.339 e. The maximum atomic E-state index is 13.0. The number of imidazole rings is 1. The van der Waals surface area contributed by atoms with Crippen LogP contribution in [0.3, 0.4) is 0 Å². The minimum absolute atomic E-state index is 0.0335. The predicted octanol–water partition coefficient (Wildman–Crippen LogP) is 3.17. The van der Waals surface area contributed by atoms with Gasteiger partial charge < -0.3 is 4.90 Å². The van der Waals surface area contributed by atoms with Gasteiger partial charge in [-0.25, -0.2) is 9.97 Å². The number of para-hydroxylation sites is 1. The molecule has 0 radical (unpaired) electrons. The second-order valence-corrected chi connectivity index (χ2v) is 7.48. The molecule has 0 spiro atoms. The predicted molar refractivity (Wildman–Crippen MR) is 110 cm³/mol. The second-order valence-electron chi connectivity index (χ2n) is 7.48. The van der Waals surface area contributed by atoms with Crippen LogP contribution in [-0.4, -0.2) is 48.2 Å². The molecule has 0 N–H and O–H groups in total. The Balaban J connectivity index is 1.29. The SMILES string of the molecule is O=C(c1cnc2c(c1)ncn2-c1ccccc1)N1CCC(Cn2cccn2)CC1. The van der Waals surface area contributed by atoms with E-state index < -0.39 is 0 Å². The van der Waals surface area contributed by atoms with Crippen molar-refractivity contribution in [2.75, 3.05) is 13.1 Å². The van der Waals surface area contributed by atoms with E-state index in [0.717, 1.165) is 49.3 Å². The van der Waals surface area contributed by atoms with E-state index >= 15 is 0 Å². The van der Waals surface area contributed by atoms with Gasteiger partial charge in [-0.15, -0.1) is 0 Å². The molecular formula is C22H22N6O. The Hall–Kier alpha value is -3.48. The lowest BCUT2D eigenvalue weighted by Crippen LogP contribution is -2.39. The summed E-state index contributed by atoms with van der Waals surface area (Å²) < 4.78 is 3.91. The summed E-state index contributed by atoms with van der Waals surface area (Å²) in [6, 6.07) is 13.8. The van der Waals surface area contributed by atoms with Crippen LogP contribution in [0.5, 0.6) is 0 Å². The summed E-state index contributed by atoms with van der Waals surface area (Å²) in [5.41, 5.74) is 3.08. The fourth-order valence-corrected chi connectivity index (χ4v) is 3.97. The Bertz CT molecular complexity index is 1110. The molecule has 1 aliphatic heterocycles. The van der Waals surface area contributed by atoms with Crippen molar-refractivity contribution in [2.24, 2.45) is 5.92 Å². The molecule has 1 fully saturated rings. The molecular weight excluding hydrogens is 364 g/mol. The van der Waals surface area contributed by atoms with Crippen molar-refractivity contribution in [1.82, 2.24) is 29.2 Å². The Morgan fingerprint density at radius 2 is 1.90 bits per heavy atom. The van der Waals surface area contributed by atoms with Gasteiger partial charge in [0, 0.05) is 43.9 Å². The third kappa shape index (κ3) is 3.51. The van der Waals surface area contributed by atoms with E-state index in [4.69, 9.17) is 0 Å². The van der Waals surface area contributed by atoms with E-state index in [1.807, 2.05) is 62.8 Å². The fraction of sp³-hybridized carbons (Fsp3) is 0.273. The van der Waals surface area contributed by atoms with Gasteiger partial charge in [-0.3, -0.25) is 14.0 Å². The van der Waals surface area contributed by atoms with E-state index in [1.54, 1.807) is 18.7 Å². The normalized spacial score (nSPS) is 15.1. The first-order valence-electron chi connectivity index (χ1n) is 9.93. The van der Waals surface area contributed by atoms with Crippen molar-refractivity contribution in [3.05, 3.63) is 72.9 Å². The molecule has 1 amide bonds. The highest BCUT2D eigenvalue weighted by Gasteiger charge is 2.24. The number of amides is 1. The lowest BCUT2D eigenvalue weighted by molar-refractivity contribution is 0.0681. The van der Waals surface area contributed by atoms with E-state index in [2.05, 4.69) is 15.1 Å². The number of piperidine rings is 1. The number of aromatic nitrogens is 5. The molecule has 3 aromatic heterocycles. The number of carbonyl (C=O) groups is 1. The number of benzene rings is 1. The van der Waals surface area contributed by atoms with Gasteiger partial charge in [0.2, 0.25) is 0 Å². The van der Waals surface area contributed by atoms with E-state index in [9.17, 15) is 4.79 Å². The molecule has 7 heteroatoms. The zero-order valence-electron chi connectivity index (χ0n) is 16.1. The van der Waals surface area contributed by atoms with Crippen LogP contribution in [-0.2, 0) is 6.54 Å². The van der Waals surface area contributed by atoms with Crippen molar-refractivity contribution in [2.45, 2.75) is 19.4 Å². The molecule has 7 nitrogen and oxygen atoms in total. The number of carbonyl (C=O) groups excluding carboxylic acids is 1. The summed E-state index contributed by atoms with van der Waals surface area (Å²) in [5.74, 6) is 0.590. The Morgan fingerprint density at radius 1 is 1.07 bits per heavy atom. The van der Waals surface area contributed by atoms with Crippen LogP contribution in [0.2, 0.25) is 0 Å². The molecule has 4 heterocycles. The van der Waals surface area contributed by atoms with E-state index in [0.29, 0.717) is 11.5 Å². The highest BCUT2D eigenvalue weighted by atomic mass is 16.2. The summed E-state index contributed by atoms with van der Waals surface area (Å²) in [4.78, 5) is 23.9. The van der Waals surface area contributed by atoms with Gasteiger partial charge in [0.15, 0.2) is 5.65 Å². The van der Waals surface area contributed by atoms with Gasteiger partial charge in [0.05, 0.1) is 5.56 Å². The zero-order valence-corrected chi connectivity index (χ0v) is 16.1. The summed E-state index contributed by atoms with van der Waals surface area (Å²) in [6.07, 6.45) is 9.20. The number of rotatable bonds is 4. The maximum absolute atomic E-state index is 13.0. The first kappa shape index (κ1) is 17.6. The fourth-order valence-electron chi connectivity index (χ4n) is 3.97. The first-order chi connectivity index (χ1) is 14.3. The number of likely N-dealkylation sites (tertiary alicyclic amines) is 1. The topological polar surface area (TPSA) is 68.8 Å². The second kappa shape index (κ2) is 7.50. The highest BCUT2D eigenvalue weighted by molar-refractivity contribution is 5.96. The first-order valence-corrected chi connectivity index (χ1v) is 9.93. The lowest BCUT2D eigenvalue weighted by atomic mass is 9.96. The van der Waals surface area contributed by atoms with Gasteiger partial charge in [-0.2, -0.15) is 5.10 Å². The molecule has 1 aliphatic rings. The Morgan fingerprint density at radius 3 is 2.66 bits per heavy atom. The third-order valence-electron chi connectivity index (χ3n) is 5.58. The molecule has 0 aliphatic carbocycles. The number of fused-ring (bicyclic) bond motifs is 1. The quantitative estimate of drug-likeness (QED) is 0.540. The van der Waals surface area contributed by atoms with Crippen molar-refractivity contribution in [3.63, 3.8) is 0 Å². The molecule has 0 atom stereocenters. The Labute approximate surface area is 168 Å². The average Bonchev–Trinajstić information content (AvgIpc) is 3.44. The molecule has 0 saturated carbocycles. The van der Waals surface area contributed by atoms with Crippen LogP contribution in [0.25, 0.3) is 16.9 Å². The van der Waals surface area contributed by atoms with Crippen LogP contribution < -0.4 is 0 Å². The third-order valence-corrected chi connectivity index (χ3v) is 5.58. The number of hydrogen-bond donors (Lipinski definition) is 0. The van der Waals surface area contributed by atoms with E-state index in [-0.39, 0.29) is 5.91 Å².